The summed E-state index contributed by atoms with van der Waals surface area (Å²) in [7, 11) is 0. The summed E-state index contributed by atoms with van der Waals surface area (Å²) in [6, 6.07) is 8.77. The van der Waals surface area contributed by atoms with E-state index in [9.17, 15) is 23.1 Å². The number of halogens is 3. The van der Waals surface area contributed by atoms with Crippen LogP contribution in [-0.4, -0.2) is 23.7 Å². The summed E-state index contributed by atoms with van der Waals surface area (Å²) in [5.74, 6) is -0.529. The van der Waals surface area contributed by atoms with E-state index in [4.69, 9.17) is 4.42 Å². The highest BCUT2D eigenvalue weighted by atomic mass is 19.4. The number of carbonyl (C=O) groups is 1. The molecule has 0 bridgehead atoms. The Morgan fingerprint density at radius 3 is 2.64 bits per heavy atom. The fraction of sp³-hybridized carbons (Fsp3) is 0.400. The van der Waals surface area contributed by atoms with Gasteiger partial charge in [0.15, 0.2) is 0 Å². The Morgan fingerprint density at radius 1 is 1.32 bits per heavy atom. The van der Waals surface area contributed by atoms with Crippen molar-refractivity contribution in [2.75, 3.05) is 6.54 Å². The molecule has 0 aliphatic rings. The Balaban J connectivity index is 1.97. The predicted molar refractivity (Wildman–Crippen MR) is 74.1 cm³/mol. The fourth-order valence-electron chi connectivity index (χ4n) is 1.95. The third-order valence-corrected chi connectivity index (χ3v) is 3.22. The first-order valence-electron chi connectivity index (χ1n) is 6.72. The molecule has 0 aliphatic heterocycles. The van der Waals surface area contributed by atoms with Gasteiger partial charge in [-0.2, -0.15) is 13.2 Å². The summed E-state index contributed by atoms with van der Waals surface area (Å²) in [6.45, 7) is 1.19. The van der Waals surface area contributed by atoms with Gasteiger partial charge < -0.3 is 14.8 Å². The van der Waals surface area contributed by atoms with Crippen LogP contribution in [0.5, 0.6) is 0 Å². The lowest BCUT2D eigenvalue weighted by Gasteiger charge is -2.21. The number of alkyl halides is 3. The minimum absolute atomic E-state index is 0.233. The van der Waals surface area contributed by atoms with Gasteiger partial charge in [0.25, 0.3) is 0 Å². The zero-order valence-corrected chi connectivity index (χ0v) is 11.9. The highest BCUT2D eigenvalue weighted by molar-refractivity contribution is 5.78. The molecular formula is C15H16F3NO3. The van der Waals surface area contributed by atoms with E-state index < -0.39 is 30.5 Å². The van der Waals surface area contributed by atoms with Crippen LogP contribution in [0.3, 0.4) is 0 Å². The summed E-state index contributed by atoms with van der Waals surface area (Å²) in [5, 5.41) is 13.4. The molecule has 1 atom stereocenters. The predicted octanol–water partition coefficient (Wildman–Crippen LogP) is 3.10. The van der Waals surface area contributed by atoms with E-state index in [1.165, 1.54) is 6.92 Å². The Bertz CT molecular complexity index is 628. The molecule has 2 N–H and O–H groups in total. The molecule has 7 heteroatoms. The highest BCUT2D eigenvalue weighted by Crippen LogP contribution is 2.27. The summed E-state index contributed by atoms with van der Waals surface area (Å²) in [5.41, 5.74) is -0.923. The number of aliphatic hydroxyl groups is 1. The molecule has 4 nitrogen and oxygen atoms in total. The Kier molecular flexibility index (Phi) is 4.46. The zero-order valence-electron chi connectivity index (χ0n) is 11.9. The number of fused-ring (bicyclic) bond motifs is 1. The van der Waals surface area contributed by atoms with Crippen molar-refractivity contribution in [3.8, 4) is 0 Å². The molecular weight excluding hydrogens is 299 g/mol. The molecule has 0 saturated heterocycles. The van der Waals surface area contributed by atoms with Crippen molar-refractivity contribution in [1.29, 1.82) is 0 Å². The lowest BCUT2D eigenvalue weighted by atomic mass is 10.0. The number of benzene rings is 1. The maximum absolute atomic E-state index is 12.0. The van der Waals surface area contributed by atoms with Crippen molar-refractivity contribution in [2.45, 2.75) is 31.5 Å². The third-order valence-electron chi connectivity index (χ3n) is 3.22. The average Bonchev–Trinajstić information content (AvgIpc) is 2.87. The van der Waals surface area contributed by atoms with E-state index in [0.717, 1.165) is 5.39 Å². The van der Waals surface area contributed by atoms with Crippen LogP contribution >= 0.6 is 0 Å². The molecule has 2 aromatic rings. The van der Waals surface area contributed by atoms with Crippen LogP contribution in [0.4, 0.5) is 13.2 Å². The van der Waals surface area contributed by atoms with Gasteiger partial charge in [0, 0.05) is 11.8 Å². The van der Waals surface area contributed by atoms with Crippen molar-refractivity contribution in [3.63, 3.8) is 0 Å². The normalized spacial score (nSPS) is 14.8. The molecule has 120 valence electrons. The number of carbonyl (C=O) groups excluding carboxylic acids is 1. The van der Waals surface area contributed by atoms with Gasteiger partial charge >= 0.3 is 6.18 Å². The first-order chi connectivity index (χ1) is 10.2. The standard InChI is InChI=1S/C15H16F3NO3/c1-14(21,9-19-13(20)6-7-15(16,17)18)12-8-10-4-2-3-5-11(10)22-12/h2-5,8,21H,6-7,9H2,1H3,(H,19,20). The number of furan rings is 1. The molecule has 0 fully saturated rings. The number of hydrogen-bond acceptors (Lipinski definition) is 3. The van der Waals surface area contributed by atoms with Crippen LogP contribution in [0.2, 0.25) is 0 Å². The second-order valence-corrected chi connectivity index (χ2v) is 5.31. The molecule has 0 aliphatic carbocycles. The van der Waals surface area contributed by atoms with Crippen LogP contribution in [0, 0.1) is 0 Å². The van der Waals surface area contributed by atoms with E-state index in [0.29, 0.717) is 5.58 Å². The second-order valence-electron chi connectivity index (χ2n) is 5.31. The SMILES string of the molecule is CC(O)(CNC(=O)CCC(F)(F)F)c1cc2ccccc2o1. The van der Waals surface area contributed by atoms with E-state index in [2.05, 4.69) is 5.32 Å². The number of amides is 1. The minimum Gasteiger partial charge on any atom is -0.458 e. The Morgan fingerprint density at radius 2 is 2.00 bits per heavy atom. The van der Waals surface area contributed by atoms with Crippen molar-refractivity contribution < 1.29 is 27.5 Å². The molecule has 0 radical (unpaired) electrons. The van der Waals surface area contributed by atoms with Gasteiger partial charge in [0.1, 0.15) is 16.9 Å². The molecule has 1 unspecified atom stereocenters. The van der Waals surface area contributed by atoms with E-state index in [-0.39, 0.29) is 12.3 Å². The monoisotopic (exact) mass is 315 g/mol. The first kappa shape index (κ1) is 16.4. The van der Waals surface area contributed by atoms with Crippen molar-refractivity contribution >= 4 is 16.9 Å². The van der Waals surface area contributed by atoms with Crippen LogP contribution in [0.15, 0.2) is 34.7 Å². The maximum Gasteiger partial charge on any atom is 0.389 e. The number of rotatable bonds is 5. The van der Waals surface area contributed by atoms with Crippen LogP contribution in [-0.2, 0) is 10.4 Å². The van der Waals surface area contributed by atoms with Gasteiger partial charge in [0.05, 0.1) is 13.0 Å². The Hall–Kier alpha value is -2.02. The topological polar surface area (TPSA) is 62.5 Å². The lowest BCUT2D eigenvalue weighted by Crippen LogP contribution is -2.38. The fourth-order valence-corrected chi connectivity index (χ4v) is 1.95. The van der Waals surface area contributed by atoms with E-state index in [1.54, 1.807) is 24.3 Å². The summed E-state index contributed by atoms with van der Waals surface area (Å²) in [6.07, 6.45) is -6.23. The van der Waals surface area contributed by atoms with Crippen LogP contribution < -0.4 is 5.32 Å². The molecule has 1 aromatic heterocycles. The maximum atomic E-state index is 12.0. The number of hydrogen-bond donors (Lipinski definition) is 2. The largest absolute Gasteiger partial charge is 0.458 e. The number of para-hydroxylation sites is 1. The molecule has 0 saturated carbocycles. The second kappa shape index (κ2) is 6.00. The molecule has 1 heterocycles. The molecule has 1 amide bonds. The molecule has 0 spiro atoms. The number of nitrogens with one attached hydrogen (secondary N) is 1. The summed E-state index contributed by atoms with van der Waals surface area (Å²) in [4.78, 5) is 11.4. The average molecular weight is 315 g/mol. The lowest BCUT2D eigenvalue weighted by molar-refractivity contribution is -0.144. The summed E-state index contributed by atoms with van der Waals surface area (Å²) < 4.78 is 41.6. The Labute approximate surface area is 124 Å². The molecule has 1 aromatic carbocycles. The van der Waals surface area contributed by atoms with Crippen LogP contribution in [0.25, 0.3) is 11.0 Å². The van der Waals surface area contributed by atoms with Gasteiger partial charge in [-0.05, 0) is 19.1 Å². The summed E-state index contributed by atoms with van der Waals surface area (Å²) >= 11 is 0. The van der Waals surface area contributed by atoms with Gasteiger partial charge in [0.2, 0.25) is 5.91 Å². The van der Waals surface area contributed by atoms with Gasteiger partial charge in [-0.1, -0.05) is 18.2 Å². The third kappa shape index (κ3) is 4.24. The minimum atomic E-state index is -4.38. The van der Waals surface area contributed by atoms with Crippen molar-refractivity contribution in [2.24, 2.45) is 0 Å². The molecule has 2 rings (SSSR count). The molecule has 22 heavy (non-hydrogen) atoms. The first-order valence-corrected chi connectivity index (χ1v) is 6.72. The van der Waals surface area contributed by atoms with Crippen molar-refractivity contribution in [1.82, 2.24) is 5.32 Å². The zero-order chi connectivity index (χ0) is 16.4. The van der Waals surface area contributed by atoms with Gasteiger partial charge in [-0.15, -0.1) is 0 Å². The quantitative estimate of drug-likeness (QED) is 0.891. The van der Waals surface area contributed by atoms with E-state index in [1.807, 2.05) is 6.07 Å². The van der Waals surface area contributed by atoms with Gasteiger partial charge in [-0.25, -0.2) is 0 Å². The van der Waals surface area contributed by atoms with Crippen LogP contribution in [0.1, 0.15) is 25.5 Å². The van der Waals surface area contributed by atoms with Gasteiger partial charge in [-0.3, -0.25) is 4.79 Å². The van der Waals surface area contributed by atoms with E-state index >= 15 is 0 Å². The smallest absolute Gasteiger partial charge is 0.389 e. The van der Waals surface area contributed by atoms with Crippen molar-refractivity contribution in [3.05, 3.63) is 36.1 Å². The highest BCUT2D eigenvalue weighted by Gasteiger charge is 2.30.